The van der Waals surface area contributed by atoms with Gasteiger partial charge < -0.3 is 15.0 Å². The van der Waals surface area contributed by atoms with E-state index in [-0.39, 0.29) is 24.4 Å². The number of hydrogen-bond acceptors (Lipinski definition) is 4. The molecule has 3 aromatic rings. The molecule has 0 spiro atoms. The molecule has 30 heavy (non-hydrogen) atoms. The lowest BCUT2D eigenvalue weighted by Crippen LogP contribution is -2.39. The summed E-state index contributed by atoms with van der Waals surface area (Å²) < 4.78 is 20.1. The summed E-state index contributed by atoms with van der Waals surface area (Å²) in [6, 6.07) is 14.1. The molecule has 4 rings (SSSR count). The third-order valence-electron chi connectivity index (χ3n) is 5.34. The highest BCUT2D eigenvalue weighted by atomic mass is 19.1. The van der Waals surface area contributed by atoms with E-state index in [0.717, 1.165) is 48.4 Å². The average Bonchev–Trinajstić information content (AvgIpc) is 3.23. The molecule has 1 unspecified atom stereocenters. The van der Waals surface area contributed by atoms with Crippen LogP contribution in [0.3, 0.4) is 0 Å². The van der Waals surface area contributed by atoms with Crippen molar-refractivity contribution >= 4 is 17.3 Å². The molecule has 6 nitrogen and oxygen atoms in total. The van der Waals surface area contributed by atoms with Crippen LogP contribution in [-0.2, 0) is 16.1 Å². The lowest BCUT2D eigenvalue weighted by molar-refractivity contribution is -0.116. The number of nitrogens with one attached hydrogen (secondary N) is 1. The van der Waals surface area contributed by atoms with Crippen LogP contribution in [0.15, 0.2) is 60.9 Å². The summed E-state index contributed by atoms with van der Waals surface area (Å²) in [6.45, 7) is 2.00. The van der Waals surface area contributed by atoms with E-state index < -0.39 is 0 Å². The standard InChI is InChI=1S/C23H25FN4O2/c1-30-22-3-2-12-27(15-22)21-10-8-20(9-11-21)26-23(29)16-28-14-18(13-25-28)17-4-6-19(24)7-5-17/h4-11,13-14,22H,2-3,12,15-16H2,1H3,(H,26,29). The van der Waals surface area contributed by atoms with Crippen molar-refractivity contribution in [3.63, 3.8) is 0 Å². The van der Waals surface area contributed by atoms with E-state index in [4.69, 9.17) is 4.74 Å². The minimum absolute atomic E-state index is 0.102. The van der Waals surface area contributed by atoms with Gasteiger partial charge in [0.15, 0.2) is 0 Å². The number of anilines is 2. The molecule has 1 aromatic heterocycles. The molecule has 156 valence electrons. The fourth-order valence-electron chi connectivity index (χ4n) is 3.71. The summed E-state index contributed by atoms with van der Waals surface area (Å²) in [5.41, 5.74) is 3.57. The molecule has 1 saturated heterocycles. The van der Waals surface area contributed by atoms with Gasteiger partial charge in [-0.1, -0.05) is 12.1 Å². The second-order valence-electron chi connectivity index (χ2n) is 7.47. The highest BCUT2D eigenvalue weighted by molar-refractivity contribution is 5.90. The largest absolute Gasteiger partial charge is 0.380 e. The summed E-state index contributed by atoms with van der Waals surface area (Å²) >= 11 is 0. The van der Waals surface area contributed by atoms with Crippen molar-refractivity contribution < 1.29 is 13.9 Å². The smallest absolute Gasteiger partial charge is 0.246 e. The Hall–Kier alpha value is -3.19. The van der Waals surface area contributed by atoms with Gasteiger partial charge in [-0.15, -0.1) is 0 Å². The molecular formula is C23H25FN4O2. The van der Waals surface area contributed by atoms with Gasteiger partial charge >= 0.3 is 0 Å². The van der Waals surface area contributed by atoms with Crippen LogP contribution in [0.2, 0.25) is 0 Å². The first kappa shape index (κ1) is 20.1. The van der Waals surface area contributed by atoms with Gasteiger partial charge in [0.1, 0.15) is 12.4 Å². The van der Waals surface area contributed by atoms with Crippen LogP contribution in [0.4, 0.5) is 15.8 Å². The van der Waals surface area contributed by atoms with Crippen LogP contribution in [0, 0.1) is 5.82 Å². The van der Waals surface area contributed by atoms with E-state index >= 15 is 0 Å². The van der Waals surface area contributed by atoms with Crippen molar-refractivity contribution in [3.8, 4) is 11.1 Å². The highest BCUT2D eigenvalue weighted by Gasteiger charge is 2.19. The number of carbonyl (C=O) groups excluding carboxylic acids is 1. The molecular weight excluding hydrogens is 383 g/mol. The lowest BCUT2D eigenvalue weighted by Gasteiger charge is -2.33. The minimum Gasteiger partial charge on any atom is -0.380 e. The molecule has 1 N–H and O–H groups in total. The number of methoxy groups -OCH3 is 1. The van der Waals surface area contributed by atoms with Crippen molar-refractivity contribution in [2.24, 2.45) is 0 Å². The number of halogens is 1. The summed E-state index contributed by atoms with van der Waals surface area (Å²) in [4.78, 5) is 14.7. The van der Waals surface area contributed by atoms with E-state index in [9.17, 15) is 9.18 Å². The molecule has 1 amide bonds. The summed E-state index contributed by atoms with van der Waals surface area (Å²) in [7, 11) is 1.76. The third-order valence-corrected chi connectivity index (χ3v) is 5.34. The van der Waals surface area contributed by atoms with Crippen LogP contribution in [-0.4, -0.2) is 42.0 Å². The zero-order valence-corrected chi connectivity index (χ0v) is 16.9. The van der Waals surface area contributed by atoms with E-state index in [0.29, 0.717) is 0 Å². The number of hydrogen-bond donors (Lipinski definition) is 1. The first-order chi connectivity index (χ1) is 14.6. The maximum absolute atomic E-state index is 13.1. The number of amides is 1. The Morgan fingerprint density at radius 1 is 1.17 bits per heavy atom. The van der Waals surface area contributed by atoms with E-state index in [1.54, 1.807) is 36.3 Å². The van der Waals surface area contributed by atoms with Gasteiger partial charge in [-0.25, -0.2) is 4.39 Å². The minimum atomic E-state index is -0.282. The molecule has 0 bridgehead atoms. The monoisotopic (exact) mass is 408 g/mol. The number of nitrogens with zero attached hydrogens (tertiary/aromatic N) is 3. The summed E-state index contributed by atoms with van der Waals surface area (Å²) in [5.74, 6) is -0.440. The molecule has 0 radical (unpaired) electrons. The SMILES string of the molecule is COC1CCCN(c2ccc(NC(=O)Cn3cc(-c4ccc(F)cc4)cn3)cc2)C1. The predicted octanol–water partition coefficient (Wildman–Crippen LogP) is 3.94. The molecule has 1 atom stereocenters. The Kier molecular flexibility index (Phi) is 6.09. The van der Waals surface area contributed by atoms with Crippen molar-refractivity contribution in [2.75, 3.05) is 30.4 Å². The van der Waals surface area contributed by atoms with Crippen LogP contribution >= 0.6 is 0 Å². The third kappa shape index (κ3) is 4.86. The Morgan fingerprint density at radius 3 is 2.67 bits per heavy atom. The molecule has 0 saturated carbocycles. The van der Waals surface area contributed by atoms with Crippen molar-refractivity contribution in [3.05, 3.63) is 66.7 Å². The summed E-state index contributed by atoms with van der Waals surface area (Å²) in [5, 5.41) is 7.14. The molecule has 2 heterocycles. The molecule has 1 fully saturated rings. The maximum atomic E-state index is 13.1. The Balaban J connectivity index is 1.33. The number of ether oxygens (including phenoxy) is 1. The van der Waals surface area contributed by atoms with Gasteiger partial charge in [0.2, 0.25) is 5.91 Å². The Labute approximate surface area is 175 Å². The van der Waals surface area contributed by atoms with Gasteiger partial charge in [0, 0.05) is 43.3 Å². The van der Waals surface area contributed by atoms with Crippen molar-refractivity contribution in [1.29, 1.82) is 0 Å². The normalized spacial score (nSPS) is 16.5. The van der Waals surface area contributed by atoms with Gasteiger partial charge in [0.25, 0.3) is 0 Å². The van der Waals surface area contributed by atoms with Gasteiger partial charge in [-0.2, -0.15) is 5.10 Å². The van der Waals surface area contributed by atoms with Crippen molar-refractivity contribution in [1.82, 2.24) is 9.78 Å². The molecule has 1 aliphatic heterocycles. The highest BCUT2D eigenvalue weighted by Crippen LogP contribution is 2.23. The van der Waals surface area contributed by atoms with Crippen LogP contribution < -0.4 is 10.2 Å². The molecule has 1 aliphatic rings. The van der Waals surface area contributed by atoms with Crippen LogP contribution in [0.5, 0.6) is 0 Å². The van der Waals surface area contributed by atoms with Gasteiger partial charge in [-0.05, 0) is 54.8 Å². The molecule has 7 heteroatoms. The lowest BCUT2D eigenvalue weighted by atomic mass is 10.1. The summed E-state index contributed by atoms with van der Waals surface area (Å²) in [6.07, 6.45) is 5.92. The second-order valence-corrected chi connectivity index (χ2v) is 7.47. The maximum Gasteiger partial charge on any atom is 0.246 e. The number of aromatic nitrogens is 2. The van der Waals surface area contributed by atoms with Crippen LogP contribution in [0.25, 0.3) is 11.1 Å². The quantitative estimate of drug-likeness (QED) is 0.671. The Bertz CT molecular complexity index is 985. The van der Waals surface area contributed by atoms with Crippen molar-refractivity contribution in [2.45, 2.75) is 25.5 Å². The molecule has 0 aliphatic carbocycles. The predicted molar refractivity (Wildman–Crippen MR) is 115 cm³/mol. The first-order valence-electron chi connectivity index (χ1n) is 10.1. The van der Waals surface area contributed by atoms with Gasteiger partial charge in [0.05, 0.1) is 12.3 Å². The fraction of sp³-hybridized carbons (Fsp3) is 0.304. The van der Waals surface area contributed by atoms with Crippen LogP contribution in [0.1, 0.15) is 12.8 Å². The topological polar surface area (TPSA) is 59.4 Å². The zero-order valence-electron chi connectivity index (χ0n) is 16.9. The fourth-order valence-corrected chi connectivity index (χ4v) is 3.71. The van der Waals surface area contributed by atoms with E-state index in [2.05, 4.69) is 15.3 Å². The molecule has 2 aromatic carbocycles. The average molecular weight is 408 g/mol. The van der Waals surface area contributed by atoms with E-state index in [1.165, 1.54) is 12.1 Å². The number of benzene rings is 2. The Morgan fingerprint density at radius 2 is 1.93 bits per heavy atom. The first-order valence-corrected chi connectivity index (χ1v) is 10.1. The second kappa shape index (κ2) is 9.09. The van der Waals surface area contributed by atoms with Gasteiger partial charge in [-0.3, -0.25) is 9.48 Å². The number of piperidine rings is 1. The number of rotatable bonds is 6. The zero-order chi connectivity index (χ0) is 20.9. The number of carbonyl (C=O) groups is 1. The van der Waals surface area contributed by atoms with E-state index in [1.807, 2.05) is 24.3 Å².